The van der Waals surface area contributed by atoms with Crippen LogP contribution in [0.15, 0.2) is 0 Å². The van der Waals surface area contributed by atoms with Crippen molar-refractivity contribution in [2.24, 2.45) is 0 Å². The van der Waals surface area contributed by atoms with Gasteiger partial charge in [-0.3, -0.25) is 0 Å². The molecule has 0 spiro atoms. The van der Waals surface area contributed by atoms with Crippen LogP contribution in [0, 0.1) is 0 Å². The van der Waals surface area contributed by atoms with Crippen molar-refractivity contribution in [2.45, 2.75) is 27.3 Å². The third kappa shape index (κ3) is 1.48. The molecule has 3 heteroatoms. The molecule has 1 saturated carbocycles. The van der Waals surface area contributed by atoms with Crippen LogP contribution in [0.1, 0.15) is 19.3 Å². The molecule has 0 aliphatic heterocycles. The Labute approximate surface area is 74.8 Å². The van der Waals surface area contributed by atoms with E-state index in [1.807, 2.05) is 0 Å². The lowest BCUT2D eigenvalue weighted by Gasteiger charge is -2.15. The van der Waals surface area contributed by atoms with Crippen LogP contribution in [0.25, 0.3) is 0 Å². The normalized spacial score (nSPS) is 35.6. The first-order valence-electron chi connectivity index (χ1n) is 2.65. The van der Waals surface area contributed by atoms with E-state index in [9.17, 15) is 0 Å². The highest BCUT2D eigenvalue weighted by molar-refractivity contribution is 9.26. The fourth-order valence-electron chi connectivity index (χ4n) is 0.885. The summed E-state index contributed by atoms with van der Waals surface area (Å²) in [6, 6.07) is 0. The van der Waals surface area contributed by atoms with Crippen LogP contribution in [-0.4, -0.2) is 8.06 Å². The number of halogens is 3. The fraction of sp³-hybridized carbons (Fsp3) is 1.00. The van der Waals surface area contributed by atoms with Crippen LogP contribution in [0.4, 0.5) is 0 Å². The van der Waals surface area contributed by atoms with Gasteiger partial charge in [-0.2, -0.15) is 0 Å². The molecule has 1 aliphatic carbocycles. The van der Waals surface area contributed by atoms with E-state index in [2.05, 4.69) is 47.8 Å². The van der Waals surface area contributed by atoms with E-state index in [1.54, 1.807) is 0 Å². The minimum absolute atomic E-state index is 0.194. The third-order valence-corrected chi connectivity index (χ3v) is 5.79. The summed E-state index contributed by atoms with van der Waals surface area (Å²) < 4.78 is 0.194. The summed E-state index contributed by atoms with van der Waals surface area (Å²) in [5.41, 5.74) is 0. The molecular weight excluding hydrogens is 300 g/mol. The summed E-state index contributed by atoms with van der Waals surface area (Å²) in [5.74, 6) is 0. The van der Waals surface area contributed by atoms with Gasteiger partial charge in [0, 0.05) is 4.83 Å². The van der Waals surface area contributed by atoms with Crippen molar-refractivity contribution in [2.75, 3.05) is 0 Å². The summed E-state index contributed by atoms with van der Waals surface area (Å²) in [4.78, 5) is 0.606. The number of hydrogen-bond donors (Lipinski definition) is 0. The van der Waals surface area contributed by atoms with Crippen LogP contribution in [-0.2, 0) is 0 Å². The monoisotopic (exact) mass is 304 g/mol. The Hall–Kier alpha value is 1.44. The van der Waals surface area contributed by atoms with Crippen molar-refractivity contribution >= 4 is 47.8 Å². The lowest BCUT2D eigenvalue weighted by molar-refractivity contribution is 0.882. The Kier molecular flexibility index (Phi) is 2.44. The van der Waals surface area contributed by atoms with E-state index >= 15 is 0 Å². The third-order valence-electron chi connectivity index (χ3n) is 1.43. The minimum atomic E-state index is 0.194. The SMILES string of the molecule is BrC1CCCC1(Br)Br. The predicted molar refractivity (Wildman–Crippen MR) is 47.2 cm³/mol. The van der Waals surface area contributed by atoms with E-state index in [0.29, 0.717) is 4.83 Å². The van der Waals surface area contributed by atoms with E-state index in [0.717, 1.165) is 0 Å². The van der Waals surface area contributed by atoms with Gasteiger partial charge in [0.15, 0.2) is 0 Å². The van der Waals surface area contributed by atoms with Gasteiger partial charge in [-0.05, 0) is 19.3 Å². The van der Waals surface area contributed by atoms with Gasteiger partial charge in [0.1, 0.15) is 0 Å². The van der Waals surface area contributed by atoms with Crippen molar-refractivity contribution in [3.05, 3.63) is 0 Å². The minimum Gasteiger partial charge on any atom is -0.0866 e. The Balaban J connectivity index is 2.54. The Bertz CT molecular complexity index is 89.7. The van der Waals surface area contributed by atoms with Crippen LogP contribution in [0.2, 0.25) is 0 Å². The maximum atomic E-state index is 3.58. The molecule has 0 aromatic heterocycles. The van der Waals surface area contributed by atoms with E-state index < -0.39 is 0 Å². The molecule has 0 heterocycles. The second kappa shape index (κ2) is 2.59. The van der Waals surface area contributed by atoms with Crippen molar-refractivity contribution in [1.82, 2.24) is 0 Å². The first kappa shape index (κ1) is 7.55. The average Bonchev–Trinajstić information content (AvgIpc) is 1.86. The Morgan fingerprint density at radius 3 is 2.12 bits per heavy atom. The summed E-state index contributed by atoms with van der Waals surface area (Å²) in [7, 11) is 0. The van der Waals surface area contributed by atoms with Crippen LogP contribution in [0.3, 0.4) is 0 Å². The molecular formula is C5H7Br3. The molecule has 0 radical (unpaired) electrons. The molecule has 0 N–H and O–H groups in total. The summed E-state index contributed by atoms with van der Waals surface area (Å²) >= 11 is 10.7. The molecule has 0 aromatic rings. The highest BCUT2D eigenvalue weighted by Crippen LogP contribution is 2.46. The van der Waals surface area contributed by atoms with E-state index in [4.69, 9.17) is 0 Å². The van der Waals surface area contributed by atoms with Gasteiger partial charge in [0.25, 0.3) is 0 Å². The van der Waals surface area contributed by atoms with Gasteiger partial charge in [-0.15, -0.1) is 0 Å². The second-order valence-electron chi connectivity index (χ2n) is 2.12. The zero-order chi connectivity index (χ0) is 6.20. The molecule has 1 aliphatic rings. The van der Waals surface area contributed by atoms with E-state index in [-0.39, 0.29) is 3.23 Å². The quantitative estimate of drug-likeness (QED) is 0.602. The fourth-order valence-corrected chi connectivity index (χ4v) is 2.46. The molecule has 1 rings (SSSR count). The number of alkyl halides is 3. The molecule has 1 unspecified atom stereocenters. The van der Waals surface area contributed by atoms with Gasteiger partial charge >= 0.3 is 0 Å². The Morgan fingerprint density at radius 1 is 1.38 bits per heavy atom. The molecule has 0 nitrogen and oxygen atoms in total. The Morgan fingerprint density at radius 2 is 2.00 bits per heavy atom. The van der Waals surface area contributed by atoms with Crippen molar-refractivity contribution in [1.29, 1.82) is 0 Å². The second-order valence-corrected chi connectivity index (χ2v) is 7.12. The van der Waals surface area contributed by atoms with Gasteiger partial charge in [0.05, 0.1) is 3.23 Å². The first-order valence-corrected chi connectivity index (χ1v) is 5.15. The summed E-state index contributed by atoms with van der Waals surface area (Å²) in [5, 5.41) is 0. The smallest absolute Gasteiger partial charge is 0.0866 e. The largest absolute Gasteiger partial charge is 0.0929 e. The highest BCUT2D eigenvalue weighted by Gasteiger charge is 2.36. The van der Waals surface area contributed by atoms with Gasteiger partial charge in [-0.25, -0.2) is 0 Å². The zero-order valence-corrected chi connectivity index (χ0v) is 9.09. The van der Waals surface area contributed by atoms with E-state index in [1.165, 1.54) is 19.3 Å². The average molecular weight is 307 g/mol. The highest BCUT2D eigenvalue weighted by atomic mass is 79.9. The van der Waals surface area contributed by atoms with Crippen molar-refractivity contribution in [3.63, 3.8) is 0 Å². The van der Waals surface area contributed by atoms with Gasteiger partial charge in [-0.1, -0.05) is 47.8 Å². The molecule has 0 amide bonds. The lowest BCUT2D eigenvalue weighted by Crippen LogP contribution is -2.15. The van der Waals surface area contributed by atoms with Crippen LogP contribution < -0.4 is 0 Å². The standard InChI is InChI=1S/C5H7Br3/c6-4-2-1-3-5(4,7)8/h4H,1-3H2. The number of hydrogen-bond acceptors (Lipinski definition) is 0. The predicted octanol–water partition coefficient (Wildman–Crippen LogP) is 3.42. The lowest BCUT2D eigenvalue weighted by atomic mass is 10.4. The van der Waals surface area contributed by atoms with Gasteiger partial charge < -0.3 is 0 Å². The zero-order valence-electron chi connectivity index (χ0n) is 4.33. The molecule has 1 fully saturated rings. The van der Waals surface area contributed by atoms with Crippen molar-refractivity contribution < 1.29 is 0 Å². The molecule has 48 valence electrons. The summed E-state index contributed by atoms with van der Waals surface area (Å²) in [6.07, 6.45) is 3.81. The van der Waals surface area contributed by atoms with Gasteiger partial charge in [0.2, 0.25) is 0 Å². The molecule has 0 aromatic carbocycles. The van der Waals surface area contributed by atoms with Crippen molar-refractivity contribution in [3.8, 4) is 0 Å². The van der Waals surface area contributed by atoms with Crippen LogP contribution >= 0.6 is 47.8 Å². The topological polar surface area (TPSA) is 0 Å². The molecule has 0 bridgehead atoms. The first-order chi connectivity index (χ1) is 3.63. The maximum absolute atomic E-state index is 3.58. The maximum Gasteiger partial charge on any atom is 0.0929 e. The molecule has 8 heavy (non-hydrogen) atoms. The summed E-state index contributed by atoms with van der Waals surface area (Å²) in [6.45, 7) is 0. The number of rotatable bonds is 0. The van der Waals surface area contributed by atoms with Crippen LogP contribution in [0.5, 0.6) is 0 Å². The molecule has 0 saturated heterocycles. The molecule has 1 atom stereocenters.